The second-order valence-corrected chi connectivity index (χ2v) is 8.68. The van der Waals surface area contributed by atoms with Gasteiger partial charge in [-0.15, -0.1) is 13.2 Å². The molecule has 0 radical (unpaired) electrons. The van der Waals surface area contributed by atoms with Crippen LogP contribution in [0.5, 0.6) is 11.5 Å². The van der Waals surface area contributed by atoms with Gasteiger partial charge in [0, 0.05) is 23.1 Å². The molecule has 0 aliphatic carbocycles. The maximum atomic E-state index is 14.8. The van der Waals surface area contributed by atoms with Gasteiger partial charge in [0.05, 0.1) is 26.1 Å². The van der Waals surface area contributed by atoms with E-state index in [0.717, 1.165) is 18.2 Å². The lowest BCUT2D eigenvalue weighted by Crippen LogP contribution is -2.30. The van der Waals surface area contributed by atoms with Gasteiger partial charge in [0.25, 0.3) is 0 Å². The van der Waals surface area contributed by atoms with Crippen molar-refractivity contribution in [3.63, 3.8) is 0 Å². The summed E-state index contributed by atoms with van der Waals surface area (Å²) in [5.41, 5.74) is -2.63. The van der Waals surface area contributed by atoms with Gasteiger partial charge in [-0.3, -0.25) is 0 Å². The molecule has 1 aliphatic rings. The molecule has 14 heteroatoms. The Labute approximate surface area is 226 Å². The molecule has 1 aliphatic heterocycles. The molecule has 0 N–H and O–H groups in total. The van der Waals surface area contributed by atoms with E-state index >= 15 is 0 Å². The van der Waals surface area contributed by atoms with Crippen LogP contribution >= 0.6 is 0 Å². The van der Waals surface area contributed by atoms with Crippen molar-refractivity contribution in [2.75, 3.05) is 19.8 Å². The van der Waals surface area contributed by atoms with Gasteiger partial charge >= 0.3 is 12.5 Å². The monoisotopic (exact) mass is 594 g/mol. The Hall–Kier alpha value is -3.91. The molecule has 3 aromatic carbocycles. The van der Waals surface area contributed by atoms with Gasteiger partial charge in [0.2, 0.25) is 0 Å². The predicted molar refractivity (Wildman–Crippen MR) is 124 cm³/mol. The lowest BCUT2D eigenvalue weighted by Gasteiger charge is -2.29. The van der Waals surface area contributed by atoms with E-state index in [-0.39, 0.29) is 36.9 Å². The Morgan fingerprint density at radius 1 is 0.805 bits per heavy atom. The predicted octanol–water partition coefficient (Wildman–Crippen LogP) is 7.76. The molecule has 0 unspecified atom stereocenters. The Kier molecular flexibility index (Phi) is 8.73. The first-order chi connectivity index (χ1) is 19.3. The molecule has 0 aromatic heterocycles. The number of ether oxygens (including phenoxy) is 5. The van der Waals surface area contributed by atoms with Crippen LogP contribution in [0.15, 0.2) is 61.4 Å². The summed E-state index contributed by atoms with van der Waals surface area (Å²) >= 11 is 0. The summed E-state index contributed by atoms with van der Waals surface area (Å²) in [6.45, 7) is 3.82. The summed E-state index contributed by atoms with van der Waals surface area (Å²) in [6, 6.07) is 5.31. The summed E-state index contributed by atoms with van der Waals surface area (Å²) < 4.78 is 148. The highest BCUT2D eigenvalue weighted by atomic mass is 19.4. The Balaban J connectivity index is 1.49. The lowest BCUT2D eigenvalue weighted by atomic mass is 10.0. The Morgan fingerprint density at radius 2 is 1.46 bits per heavy atom. The maximum Gasteiger partial charge on any atom is 0.573 e. The molecule has 0 spiro atoms. The van der Waals surface area contributed by atoms with Crippen LogP contribution in [0.4, 0.5) is 39.5 Å². The number of benzene rings is 3. The van der Waals surface area contributed by atoms with E-state index in [9.17, 15) is 39.5 Å². The van der Waals surface area contributed by atoms with Gasteiger partial charge < -0.3 is 23.7 Å². The molecule has 220 valence electrons. The zero-order valence-corrected chi connectivity index (χ0v) is 20.6. The smallest absolute Gasteiger partial charge is 0.501 e. The lowest BCUT2D eigenvalue weighted by molar-refractivity contribution is -0.275. The van der Waals surface area contributed by atoms with E-state index in [4.69, 9.17) is 14.2 Å². The molecule has 0 bridgehead atoms. The number of rotatable bonds is 9. The van der Waals surface area contributed by atoms with Gasteiger partial charge in [-0.05, 0) is 42.0 Å². The molecular formula is C27H19F9O5. The molecule has 1 heterocycles. The topological polar surface area (TPSA) is 46.2 Å². The molecule has 1 saturated heterocycles. The number of halogens is 9. The van der Waals surface area contributed by atoms with Crippen molar-refractivity contribution in [1.29, 1.82) is 0 Å². The summed E-state index contributed by atoms with van der Waals surface area (Å²) in [7, 11) is 0. The highest BCUT2D eigenvalue weighted by molar-refractivity contribution is 5.66. The normalized spacial score (nSPS) is 17.7. The Morgan fingerprint density at radius 3 is 2.02 bits per heavy atom. The van der Waals surface area contributed by atoms with Crippen LogP contribution in [0.1, 0.15) is 17.4 Å². The van der Waals surface area contributed by atoms with Crippen LogP contribution < -0.4 is 9.47 Å². The summed E-state index contributed by atoms with van der Waals surface area (Å²) in [5.74, 6) is -8.31. The quantitative estimate of drug-likeness (QED) is 0.187. The number of hydrogen-bond acceptors (Lipinski definition) is 5. The van der Waals surface area contributed by atoms with E-state index < -0.39 is 64.7 Å². The van der Waals surface area contributed by atoms with Gasteiger partial charge in [0.15, 0.2) is 17.9 Å². The third kappa shape index (κ3) is 7.24. The third-order valence-corrected chi connectivity index (χ3v) is 5.70. The fourth-order valence-electron chi connectivity index (χ4n) is 3.91. The molecule has 5 nitrogen and oxygen atoms in total. The van der Waals surface area contributed by atoms with Crippen molar-refractivity contribution in [3.8, 4) is 22.6 Å². The molecule has 1 fully saturated rings. The second-order valence-electron chi connectivity index (χ2n) is 8.68. The van der Waals surface area contributed by atoms with E-state index in [1.165, 1.54) is 6.26 Å². The minimum atomic E-state index is -5.17. The minimum absolute atomic E-state index is 0.0997. The van der Waals surface area contributed by atoms with Crippen LogP contribution in [0.2, 0.25) is 0 Å². The van der Waals surface area contributed by atoms with Crippen LogP contribution in [0.25, 0.3) is 11.1 Å². The van der Waals surface area contributed by atoms with Crippen LogP contribution in [-0.2, 0) is 20.3 Å². The maximum absolute atomic E-state index is 14.8. The highest BCUT2D eigenvalue weighted by Gasteiger charge is 2.42. The highest BCUT2D eigenvalue weighted by Crippen LogP contribution is 2.39. The minimum Gasteiger partial charge on any atom is -0.501 e. The Bertz CT molecular complexity index is 1380. The molecule has 0 atom stereocenters. The summed E-state index contributed by atoms with van der Waals surface area (Å²) in [5, 5.41) is 0. The van der Waals surface area contributed by atoms with E-state index in [2.05, 4.69) is 16.1 Å². The first-order valence-corrected chi connectivity index (χ1v) is 11.6. The van der Waals surface area contributed by atoms with Crippen molar-refractivity contribution >= 4 is 0 Å². The zero-order chi connectivity index (χ0) is 29.9. The molecule has 0 saturated carbocycles. The van der Waals surface area contributed by atoms with Crippen molar-refractivity contribution in [2.45, 2.75) is 18.8 Å². The van der Waals surface area contributed by atoms with Gasteiger partial charge in [0.1, 0.15) is 28.8 Å². The van der Waals surface area contributed by atoms with Crippen LogP contribution in [0.3, 0.4) is 0 Å². The largest absolute Gasteiger partial charge is 0.573 e. The molecule has 41 heavy (non-hydrogen) atoms. The van der Waals surface area contributed by atoms with Gasteiger partial charge in [-0.25, -0.2) is 17.6 Å². The number of hydrogen-bond donors (Lipinski definition) is 0. The average molecular weight is 594 g/mol. The van der Waals surface area contributed by atoms with Crippen molar-refractivity contribution in [3.05, 3.63) is 95.8 Å². The average Bonchev–Trinajstić information content (AvgIpc) is 2.87. The zero-order valence-electron chi connectivity index (χ0n) is 20.6. The fourth-order valence-corrected chi connectivity index (χ4v) is 3.91. The standard InChI is InChI=1S/C27H19F9O5/c1-2-37-11-14-12-38-25(39-13-14)16-8-21(30)24(22(31)9-16)26(32,33)40-17-4-5-18(19(28)10-17)15-3-6-23(20(29)7-15)41-27(34,35)36/h2-10,14,25H,1,11-13H2. The molecule has 3 aromatic rings. The fraction of sp³-hybridized carbons (Fsp3) is 0.259. The SMILES string of the molecule is C=COCC1COC(c2cc(F)c(C(F)(F)Oc3ccc(-c4ccc(OC(F)(F)F)c(F)c4)c(F)c3)c(F)c2)OC1. The van der Waals surface area contributed by atoms with E-state index in [1.54, 1.807) is 0 Å². The second kappa shape index (κ2) is 11.9. The van der Waals surface area contributed by atoms with Gasteiger partial charge in [-0.1, -0.05) is 12.6 Å². The van der Waals surface area contributed by atoms with E-state index in [0.29, 0.717) is 30.3 Å². The van der Waals surface area contributed by atoms with E-state index in [1.807, 2.05) is 0 Å². The van der Waals surface area contributed by atoms with Gasteiger partial charge in [-0.2, -0.15) is 8.78 Å². The van der Waals surface area contributed by atoms with Crippen molar-refractivity contribution in [2.24, 2.45) is 5.92 Å². The molecular weight excluding hydrogens is 575 g/mol. The van der Waals surface area contributed by atoms with Crippen molar-refractivity contribution in [1.82, 2.24) is 0 Å². The van der Waals surface area contributed by atoms with Crippen molar-refractivity contribution < 1.29 is 63.2 Å². The summed E-state index contributed by atoms with van der Waals surface area (Å²) in [6.07, 6.45) is -9.80. The van der Waals surface area contributed by atoms with Crippen LogP contribution in [-0.4, -0.2) is 26.2 Å². The van der Waals surface area contributed by atoms with Crippen LogP contribution in [0, 0.1) is 29.2 Å². The summed E-state index contributed by atoms with van der Waals surface area (Å²) in [4.78, 5) is 0. The number of alkyl halides is 5. The first-order valence-electron chi connectivity index (χ1n) is 11.6. The first kappa shape index (κ1) is 30.1. The molecule has 4 rings (SSSR count). The molecule has 0 amide bonds. The third-order valence-electron chi connectivity index (χ3n) is 5.70.